The monoisotopic (exact) mass is 420 g/mol. The molecule has 0 bridgehead atoms. The molecule has 21 heavy (non-hydrogen) atoms. The minimum Gasteiger partial charge on any atom is -0.343 e. The second-order valence-electron chi connectivity index (χ2n) is 4.47. The van der Waals surface area contributed by atoms with Gasteiger partial charge in [0, 0.05) is 31.3 Å². The van der Waals surface area contributed by atoms with Crippen molar-refractivity contribution in [1.29, 1.82) is 0 Å². The molecule has 8 heteroatoms. The van der Waals surface area contributed by atoms with Crippen LogP contribution in [0.3, 0.4) is 0 Å². The fourth-order valence-corrected chi connectivity index (χ4v) is 2.83. The summed E-state index contributed by atoms with van der Waals surface area (Å²) in [5, 5.41) is 3.78. The van der Waals surface area contributed by atoms with Crippen LogP contribution in [0.5, 0.6) is 0 Å². The molecule has 3 aromatic rings. The van der Waals surface area contributed by atoms with Crippen LogP contribution in [0, 0.1) is 9.39 Å². The predicted octanol–water partition coefficient (Wildman–Crippen LogP) is 3.19. The summed E-state index contributed by atoms with van der Waals surface area (Å²) in [6.07, 6.45) is 2.51. The van der Waals surface area contributed by atoms with Crippen LogP contribution in [0.2, 0.25) is 0 Å². The fourth-order valence-electron chi connectivity index (χ4n) is 2.21. The van der Waals surface area contributed by atoms with Crippen molar-refractivity contribution in [3.05, 3.63) is 39.6 Å². The van der Waals surface area contributed by atoms with Crippen LogP contribution >= 0.6 is 34.2 Å². The second-order valence-corrected chi connectivity index (χ2v) is 6.01. The third kappa shape index (κ3) is 3.03. The van der Waals surface area contributed by atoms with Crippen LogP contribution < -0.4 is 0 Å². The Morgan fingerprint density at radius 2 is 2.19 bits per heavy atom. The number of fused-ring (bicyclic) bond motifs is 1. The molecule has 110 valence electrons. The maximum absolute atomic E-state index is 13.8. The van der Waals surface area contributed by atoms with Crippen LogP contribution in [0.25, 0.3) is 11.0 Å². The van der Waals surface area contributed by atoms with Crippen molar-refractivity contribution < 1.29 is 8.91 Å². The van der Waals surface area contributed by atoms with E-state index in [0.717, 1.165) is 16.9 Å². The van der Waals surface area contributed by atoms with E-state index in [-0.39, 0.29) is 5.82 Å². The molecular formula is C13H11ClFIN4O. The molecule has 0 fully saturated rings. The van der Waals surface area contributed by atoms with Gasteiger partial charge in [-0.1, -0.05) is 5.16 Å². The lowest BCUT2D eigenvalue weighted by Crippen LogP contribution is -2.08. The van der Waals surface area contributed by atoms with Gasteiger partial charge in [-0.3, -0.25) is 0 Å². The highest BCUT2D eigenvalue weighted by Gasteiger charge is 2.14. The van der Waals surface area contributed by atoms with Crippen LogP contribution in [-0.2, 0) is 19.4 Å². The lowest BCUT2D eigenvalue weighted by molar-refractivity contribution is 0.408. The SMILES string of the molecule is Fc1cc2c(cc1I)nc(CCCl)n2CCc1ncon1. The minimum absolute atomic E-state index is 0.249. The normalized spacial score (nSPS) is 11.4. The van der Waals surface area contributed by atoms with E-state index in [9.17, 15) is 4.39 Å². The average Bonchev–Trinajstić information content (AvgIpc) is 3.06. The van der Waals surface area contributed by atoms with E-state index in [1.165, 1.54) is 12.5 Å². The van der Waals surface area contributed by atoms with E-state index in [2.05, 4.69) is 15.1 Å². The van der Waals surface area contributed by atoms with Crippen LogP contribution in [-0.4, -0.2) is 25.6 Å². The minimum atomic E-state index is -0.249. The molecule has 2 heterocycles. The van der Waals surface area contributed by atoms with Crippen molar-refractivity contribution in [2.45, 2.75) is 19.4 Å². The molecule has 0 aliphatic rings. The number of hydrogen-bond donors (Lipinski definition) is 0. The molecule has 0 atom stereocenters. The van der Waals surface area contributed by atoms with Gasteiger partial charge >= 0.3 is 0 Å². The first-order chi connectivity index (χ1) is 10.2. The van der Waals surface area contributed by atoms with Gasteiger partial charge < -0.3 is 9.09 Å². The zero-order valence-electron chi connectivity index (χ0n) is 10.9. The van der Waals surface area contributed by atoms with Gasteiger partial charge in [0.05, 0.1) is 14.6 Å². The number of halogens is 3. The van der Waals surface area contributed by atoms with Crippen LogP contribution in [0.4, 0.5) is 4.39 Å². The number of aryl methyl sites for hydroxylation is 3. The van der Waals surface area contributed by atoms with Gasteiger partial charge in [0.1, 0.15) is 11.6 Å². The van der Waals surface area contributed by atoms with Gasteiger partial charge in [0.2, 0.25) is 6.39 Å². The van der Waals surface area contributed by atoms with E-state index < -0.39 is 0 Å². The van der Waals surface area contributed by atoms with Gasteiger partial charge in [-0.2, -0.15) is 4.98 Å². The maximum Gasteiger partial charge on any atom is 0.213 e. The molecule has 0 amide bonds. The van der Waals surface area contributed by atoms with Crippen LogP contribution in [0.15, 0.2) is 23.0 Å². The third-order valence-electron chi connectivity index (χ3n) is 3.15. The molecule has 0 spiro atoms. The summed E-state index contributed by atoms with van der Waals surface area (Å²) >= 11 is 7.79. The number of aromatic nitrogens is 4. The summed E-state index contributed by atoms with van der Waals surface area (Å²) in [7, 11) is 0. The van der Waals surface area contributed by atoms with Crippen molar-refractivity contribution in [2.24, 2.45) is 0 Å². The number of imidazole rings is 1. The summed E-state index contributed by atoms with van der Waals surface area (Å²) < 4.78 is 21.1. The standard InChI is InChI=1S/C13H11ClFIN4O/c14-3-1-13-18-10-6-9(16)8(15)5-11(10)20(13)4-2-12-17-7-21-19-12/h5-7H,1-4H2. The second kappa shape index (κ2) is 6.27. The molecule has 0 aliphatic carbocycles. The first kappa shape index (κ1) is 14.7. The topological polar surface area (TPSA) is 56.7 Å². The third-order valence-corrected chi connectivity index (χ3v) is 4.17. The lowest BCUT2D eigenvalue weighted by atomic mass is 10.3. The van der Waals surface area contributed by atoms with E-state index in [4.69, 9.17) is 16.1 Å². The summed E-state index contributed by atoms with van der Waals surface area (Å²) in [6, 6.07) is 3.26. The van der Waals surface area contributed by atoms with Crippen LogP contribution in [0.1, 0.15) is 11.6 Å². The van der Waals surface area contributed by atoms with Crippen molar-refractivity contribution >= 4 is 45.2 Å². The highest BCUT2D eigenvalue weighted by Crippen LogP contribution is 2.22. The summed E-state index contributed by atoms with van der Waals surface area (Å²) in [5.74, 6) is 1.66. The molecule has 0 unspecified atom stereocenters. The first-order valence-corrected chi connectivity index (χ1v) is 7.95. The Morgan fingerprint density at radius 1 is 1.33 bits per heavy atom. The van der Waals surface area contributed by atoms with Gasteiger partial charge in [-0.05, 0) is 28.7 Å². The number of benzene rings is 1. The number of alkyl halides is 1. The molecule has 0 aliphatic heterocycles. The molecule has 0 saturated heterocycles. The Kier molecular flexibility index (Phi) is 4.39. The Bertz CT molecular complexity index is 759. The van der Waals surface area contributed by atoms with E-state index >= 15 is 0 Å². The van der Waals surface area contributed by atoms with Gasteiger partial charge in [-0.15, -0.1) is 11.6 Å². The van der Waals surface area contributed by atoms with Crippen molar-refractivity contribution in [1.82, 2.24) is 19.7 Å². The van der Waals surface area contributed by atoms with Gasteiger partial charge in [-0.25, -0.2) is 9.37 Å². The summed E-state index contributed by atoms with van der Waals surface area (Å²) in [6.45, 7) is 0.599. The number of rotatable bonds is 5. The Hall–Kier alpha value is -1.22. The molecular weight excluding hydrogens is 410 g/mol. The molecule has 2 aromatic heterocycles. The highest BCUT2D eigenvalue weighted by molar-refractivity contribution is 14.1. The predicted molar refractivity (Wildman–Crippen MR) is 84.8 cm³/mol. The quantitative estimate of drug-likeness (QED) is 0.470. The van der Waals surface area contributed by atoms with Gasteiger partial charge in [0.15, 0.2) is 5.82 Å². The maximum atomic E-state index is 13.8. The molecule has 0 saturated carbocycles. The average molecular weight is 421 g/mol. The molecule has 1 aromatic carbocycles. The lowest BCUT2D eigenvalue weighted by Gasteiger charge is -2.07. The van der Waals surface area contributed by atoms with E-state index in [0.29, 0.717) is 34.7 Å². The van der Waals surface area contributed by atoms with E-state index in [1.54, 1.807) is 6.07 Å². The number of nitrogens with zero attached hydrogens (tertiary/aromatic N) is 4. The smallest absolute Gasteiger partial charge is 0.213 e. The Labute approximate surface area is 138 Å². The largest absolute Gasteiger partial charge is 0.343 e. The summed E-state index contributed by atoms with van der Waals surface area (Å²) in [5.41, 5.74) is 1.53. The molecule has 5 nitrogen and oxygen atoms in total. The van der Waals surface area contributed by atoms with E-state index in [1.807, 2.05) is 27.2 Å². The molecule has 3 rings (SSSR count). The first-order valence-electron chi connectivity index (χ1n) is 6.34. The summed E-state index contributed by atoms with van der Waals surface area (Å²) in [4.78, 5) is 8.54. The zero-order valence-corrected chi connectivity index (χ0v) is 13.8. The van der Waals surface area contributed by atoms with Crippen molar-refractivity contribution in [3.63, 3.8) is 0 Å². The molecule has 0 radical (unpaired) electrons. The fraction of sp³-hybridized carbons (Fsp3) is 0.308. The Balaban J connectivity index is 2.00. The Morgan fingerprint density at radius 3 is 2.90 bits per heavy atom. The van der Waals surface area contributed by atoms with Crippen molar-refractivity contribution in [2.75, 3.05) is 5.88 Å². The number of hydrogen-bond acceptors (Lipinski definition) is 4. The zero-order chi connectivity index (χ0) is 14.8. The van der Waals surface area contributed by atoms with Crippen molar-refractivity contribution in [3.8, 4) is 0 Å². The van der Waals surface area contributed by atoms with Gasteiger partial charge in [0.25, 0.3) is 0 Å². The molecule has 0 N–H and O–H groups in total. The highest BCUT2D eigenvalue weighted by atomic mass is 127.